The van der Waals surface area contributed by atoms with Gasteiger partial charge in [0.1, 0.15) is 16.5 Å². The number of rotatable bonds is 2. The summed E-state index contributed by atoms with van der Waals surface area (Å²) in [4.78, 5) is 11.1. The Bertz CT molecular complexity index is 726. The van der Waals surface area contributed by atoms with Gasteiger partial charge in [0.05, 0.1) is 5.39 Å². The molecule has 0 fully saturated rings. The van der Waals surface area contributed by atoms with Crippen molar-refractivity contribution in [1.29, 1.82) is 0 Å². The number of anilines is 2. The lowest BCUT2D eigenvalue weighted by Crippen LogP contribution is -2.12. The molecule has 0 aliphatic heterocycles. The Labute approximate surface area is 118 Å². The summed E-state index contributed by atoms with van der Waals surface area (Å²) in [6, 6.07) is 8.18. The van der Waals surface area contributed by atoms with Gasteiger partial charge in [0.2, 0.25) is 5.28 Å². The van der Waals surface area contributed by atoms with E-state index in [9.17, 15) is 4.39 Å². The van der Waals surface area contributed by atoms with E-state index in [0.29, 0.717) is 5.82 Å². The topological polar surface area (TPSA) is 29.0 Å². The maximum atomic E-state index is 13.0. The fourth-order valence-electron chi connectivity index (χ4n) is 1.86. The SMILES string of the molecule is CN(c1ccc(F)cc1)c1nc(Cl)nc2sccc12. The maximum absolute atomic E-state index is 13.0. The highest BCUT2D eigenvalue weighted by atomic mass is 35.5. The summed E-state index contributed by atoms with van der Waals surface area (Å²) in [5.74, 6) is 0.446. The first-order valence-electron chi connectivity index (χ1n) is 5.55. The van der Waals surface area contributed by atoms with Crippen LogP contribution in [-0.2, 0) is 0 Å². The average molecular weight is 294 g/mol. The highest BCUT2D eigenvalue weighted by Gasteiger charge is 2.13. The molecule has 0 amide bonds. The molecule has 3 nitrogen and oxygen atoms in total. The van der Waals surface area contributed by atoms with Crippen LogP contribution in [-0.4, -0.2) is 17.0 Å². The van der Waals surface area contributed by atoms with Crippen molar-refractivity contribution in [3.63, 3.8) is 0 Å². The number of halogens is 2. The van der Waals surface area contributed by atoms with Crippen LogP contribution >= 0.6 is 22.9 Å². The molecule has 1 aromatic carbocycles. The zero-order chi connectivity index (χ0) is 13.4. The fraction of sp³-hybridized carbons (Fsp3) is 0.0769. The molecular weight excluding hydrogens is 285 g/mol. The predicted octanol–water partition coefficient (Wildman–Crippen LogP) is 4.25. The standard InChI is InChI=1S/C13H9ClFN3S/c1-18(9-4-2-8(15)3-5-9)11-10-6-7-19-12(10)17-13(14)16-11/h2-7H,1H3. The summed E-state index contributed by atoms with van der Waals surface area (Å²) in [7, 11) is 1.86. The van der Waals surface area contributed by atoms with E-state index >= 15 is 0 Å². The first kappa shape index (κ1) is 12.3. The molecule has 0 bridgehead atoms. The molecule has 0 N–H and O–H groups in total. The van der Waals surface area contributed by atoms with Crippen LogP contribution in [0.5, 0.6) is 0 Å². The molecule has 3 rings (SSSR count). The molecule has 19 heavy (non-hydrogen) atoms. The number of thiophene rings is 1. The molecular formula is C13H9ClFN3S. The number of hydrogen-bond acceptors (Lipinski definition) is 4. The molecule has 0 aliphatic rings. The van der Waals surface area contributed by atoms with Crippen LogP contribution < -0.4 is 4.90 Å². The van der Waals surface area contributed by atoms with Crippen molar-refractivity contribution >= 4 is 44.7 Å². The Morgan fingerprint density at radius 2 is 1.89 bits per heavy atom. The Balaban J connectivity index is 2.12. The van der Waals surface area contributed by atoms with Gasteiger partial charge in [-0.1, -0.05) is 0 Å². The molecule has 2 heterocycles. The Morgan fingerprint density at radius 3 is 2.63 bits per heavy atom. The van der Waals surface area contributed by atoms with Crippen molar-refractivity contribution in [2.24, 2.45) is 0 Å². The van der Waals surface area contributed by atoms with Crippen LogP contribution in [0.25, 0.3) is 10.2 Å². The molecule has 96 valence electrons. The van der Waals surface area contributed by atoms with Crippen molar-refractivity contribution in [3.05, 3.63) is 46.8 Å². The third-order valence-corrected chi connectivity index (χ3v) is 3.78. The first-order valence-corrected chi connectivity index (χ1v) is 6.81. The normalized spacial score (nSPS) is 10.9. The van der Waals surface area contributed by atoms with Gasteiger partial charge in [0.25, 0.3) is 0 Å². The van der Waals surface area contributed by atoms with E-state index in [1.165, 1.54) is 23.5 Å². The van der Waals surface area contributed by atoms with Crippen LogP contribution in [0.4, 0.5) is 15.9 Å². The van der Waals surface area contributed by atoms with Crippen molar-refractivity contribution in [3.8, 4) is 0 Å². The minimum absolute atomic E-state index is 0.207. The van der Waals surface area contributed by atoms with Crippen molar-refractivity contribution in [2.75, 3.05) is 11.9 Å². The molecule has 6 heteroatoms. The predicted molar refractivity (Wildman–Crippen MR) is 76.9 cm³/mol. The fourth-order valence-corrected chi connectivity index (χ4v) is 2.83. The van der Waals surface area contributed by atoms with Crippen LogP contribution in [0.1, 0.15) is 0 Å². The van der Waals surface area contributed by atoms with Gasteiger partial charge in [-0.15, -0.1) is 11.3 Å². The Kier molecular flexibility index (Phi) is 3.08. The van der Waals surface area contributed by atoms with Gasteiger partial charge in [0, 0.05) is 12.7 Å². The van der Waals surface area contributed by atoms with E-state index in [-0.39, 0.29) is 11.1 Å². The number of benzene rings is 1. The summed E-state index contributed by atoms with van der Waals surface area (Å²) in [6.07, 6.45) is 0. The summed E-state index contributed by atoms with van der Waals surface area (Å²) in [5.41, 5.74) is 0.837. The molecule has 0 unspecified atom stereocenters. The zero-order valence-corrected chi connectivity index (χ0v) is 11.5. The Hall–Kier alpha value is -1.72. The molecule has 0 aliphatic carbocycles. The lowest BCUT2D eigenvalue weighted by atomic mass is 10.2. The third-order valence-electron chi connectivity index (χ3n) is 2.81. The van der Waals surface area contributed by atoms with E-state index in [2.05, 4.69) is 9.97 Å². The van der Waals surface area contributed by atoms with E-state index in [0.717, 1.165) is 15.9 Å². The van der Waals surface area contributed by atoms with Crippen LogP contribution in [0.3, 0.4) is 0 Å². The summed E-state index contributed by atoms with van der Waals surface area (Å²) >= 11 is 7.44. The highest BCUT2D eigenvalue weighted by Crippen LogP contribution is 2.32. The zero-order valence-electron chi connectivity index (χ0n) is 9.97. The van der Waals surface area contributed by atoms with Crippen molar-refractivity contribution in [2.45, 2.75) is 0 Å². The van der Waals surface area contributed by atoms with Crippen molar-refractivity contribution in [1.82, 2.24) is 9.97 Å². The number of fused-ring (bicyclic) bond motifs is 1. The van der Waals surface area contributed by atoms with Gasteiger partial charge in [0.15, 0.2) is 0 Å². The Morgan fingerprint density at radius 1 is 1.16 bits per heavy atom. The second-order valence-electron chi connectivity index (χ2n) is 3.99. The van der Waals surface area contributed by atoms with E-state index in [4.69, 9.17) is 11.6 Å². The van der Waals surface area contributed by atoms with Gasteiger partial charge >= 0.3 is 0 Å². The minimum atomic E-state index is -0.265. The molecule has 0 saturated heterocycles. The summed E-state index contributed by atoms with van der Waals surface area (Å²) in [6.45, 7) is 0. The third kappa shape index (κ3) is 2.27. The molecule has 2 aromatic heterocycles. The monoisotopic (exact) mass is 293 g/mol. The van der Waals surface area contributed by atoms with Crippen molar-refractivity contribution < 1.29 is 4.39 Å². The molecule has 0 saturated carbocycles. The average Bonchev–Trinajstić information content (AvgIpc) is 2.85. The highest BCUT2D eigenvalue weighted by molar-refractivity contribution is 7.16. The number of hydrogen-bond donors (Lipinski definition) is 0. The summed E-state index contributed by atoms with van der Waals surface area (Å²) in [5, 5.41) is 3.08. The second kappa shape index (κ2) is 4.75. The summed E-state index contributed by atoms with van der Waals surface area (Å²) < 4.78 is 13.0. The van der Waals surface area contributed by atoms with E-state index < -0.39 is 0 Å². The molecule has 0 radical (unpaired) electrons. The van der Waals surface area contributed by atoms with Gasteiger partial charge < -0.3 is 4.90 Å². The number of nitrogens with zero attached hydrogens (tertiary/aromatic N) is 3. The largest absolute Gasteiger partial charge is 0.329 e. The minimum Gasteiger partial charge on any atom is -0.329 e. The van der Waals surface area contributed by atoms with Gasteiger partial charge in [-0.05, 0) is 47.3 Å². The van der Waals surface area contributed by atoms with Crippen LogP contribution in [0.15, 0.2) is 35.7 Å². The quantitative estimate of drug-likeness (QED) is 0.661. The lowest BCUT2D eigenvalue weighted by Gasteiger charge is -2.19. The maximum Gasteiger partial charge on any atom is 0.225 e. The molecule has 0 spiro atoms. The number of aromatic nitrogens is 2. The molecule has 3 aromatic rings. The van der Waals surface area contributed by atoms with Crippen LogP contribution in [0.2, 0.25) is 5.28 Å². The van der Waals surface area contributed by atoms with Gasteiger partial charge in [-0.25, -0.2) is 9.37 Å². The van der Waals surface area contributed by atoms with Gasteiger partial charge in [-0.2, -0.15) is 4.98 Å². The van der Waals surface area contributed by atoms with Gasteiger partial charge in [-0.3, -0.25) is 0 Å². The van der Waals surface area contributed by atoms with E-state index in [1.54, 1.807) is 12.1 Å². The smallest absolute Gasteiger partial charge is 0.225 e. The molecule has 0 atom stereocenters. The van der Waals surface area contributed by atoms with Crippen LogP contribution in [0, 0.1) is 5.82 Å². The second-order valence-corrected chi connectivity index (χ2v) is 5.22. The van der Waals surface area contributed by atoms with E-state index in [1.807, 2.05) is 23.4 Å². The lowest BCUT2D eigenvalue weighted by molar-refractivity contribution is 0.628. The first-order chi connectivity index (χ1) is 9.15.